The molecule has 3 heteroatoms. The third kappa shape index (κ3) is 2.11. The predicted molar refractivity (Wildman–Crippen MR) is 80.7 cm³/mol. The Morgan fingerprint density at radius 3 is 2.62 bits per heavy atom. The second-order valence-electron chi connectivity index (χ2n) is 5.90. The summed E-state index contributed by atoms with van der Waals surface area (Å²) in [5, 5.41) is 0. The minimum Gasteiger partial charge on any atom is -0.468 e. The minimum absolute atomic E-state index is 0.206. The van der Waals surface area contributed by atoms with Crippen LogP contribution in [0.2, 0.25) is 0 Å². The molecule has 0 saturated heterocycles. The van der Waals surface area contributed by atoms with Gasteiger partial charge in [0.05, 0.1) is 7.11 Å². The van der Waals surface area contributed by atoms with Crippen LogP contribution in [0, 0.1) is 11.8 Å². The number of ether oxygens (including phenoxy) is 2. The summed E-state index contributed by atoms with van der Waals surface area (Å²) in [6, 6.07) is 10.1. The second-order valence-corrected chi connectivity index (χ2v) is 5.90. The van der Waals surface area contributed by atoms with E-state index in [1.165, 1.54) is 25.5 Å². The molecule has 0 spiro atoms. The number of esters is 1. The maximum absolute atomic E-state index is 12.4. The number of benzene rings is 1. The quantitative estimate of drug-likeness (QED) is 0.630. The average Bonchev–Trinajstić information content (AvgIpc) is 2.90. The number of hydrogen-bond acceptors (Lipinski definition) is 3. The Morgan fingerprint density at radius 1 is 1.19 bits per heavy atom. The lowest BCUT2D eigenvalue weighted by Gasteiger charge is -2.41. The summed E-state index contributed by atoms with van der Waals surface area (Å²) in [5.74, 6) is -0.279. The zero-order valence-corrected chi connectivity index (χ0v) is 12.7. The molecule has 21 heavy (non-hydrogen) atoms. The lowest BCUT2D eigenvalue weighted by atomic mass is 9.71. The fraction of sp³-hybridized carbons (Fsp3) is 0.500. The molecule has 0 bridgehead atoms. The molecule has 2 aliphatic rings. The van der Waals surface area contributed by atoms with Crippen LogP contribution >= 0.6 is 0 Å². The van der Waals surface area contributed by atoms with E-state index in [0.29, 0.717) is 0 Å². The van der Waals surface area contributed by atoms with Gasteiger partial charge in [-0.25, -0.2) is 0 Å². The largest absolute Gasteiger partial charge is 0.468 e. The van der Waals surface area contributed by atoms with E-state index in [-0.39, 0.29) is 17.8 Å². The van der Waals surface area contributed by atoms with Crippen LogP contribution in [0.3, 0.4) is 0 Å². The molecule has 2 aliphatic carbocycles. The summed E-state index contributed by atoms with van der Waals surface area (Å²) < 4.78 is 11.1. The maximum atomic E-state index is 12.4. The number of rotatable bonds is 3. The summed E-state index contributed by atoms with van der Waals surface area (Å²) >= 11 is 0. The van der Waals surface area contributed by atoms with Gasteiger partial charge in [-0.2, -0.15) is 0 Å². The van der Waals surface area contributed by atoms with E-state index in [1.54, 1.807) is 7.11 Å². The van der Waals surface area contributed by atoms with E-state index in [0.717, 1.165) is 18.4 Å². The Morgan fingerprint density at radius 2 is 1.95 bits per heavy atom. The van der Waals surface area contributed by atoms with Crippen LogP contribution in [0.5, 0.6) is 0 Å². The molecule has 0 aromatic heterocycles. The van der Waals surface area contributed by atoms with Gasteiger partial charge in [0.2, 0.25) is 0 Å². The van der Waals surface area contributed by atoms with Crippen LogP contribution in [-0.2, 0) is 19.9 Å². The van der Waals surface area contributed by atoms with Gasteiger partial charge in [0.25, 0.3) is 0 Å². The lowest BCUT2D eigenvalue weighted by molar-refractivity contribution is -0.159. The van der Waals surface area contributed by atoms with Gasteiger partial charge < -0.3 is 9.47 Å². The Bertz CT molecular complexity index is 549. The standard InChI is InChI=1S/C18H22O3/c1-20-17(19)16-12-13-8-6-7-11-15(13)18(16,21-2)14-9-4-3-5-10-14/h3-5,9-10,12,15-16H,6-8,11H2,1-2H3/t15-,16+,18-/m0/s1. The third-order valence-corrected chi connectivity index (χ3v) is 5.03. The van der Waals surface area contributed by atoms with Crippen molar-refractivity contribution in [1.29, 1.82) is 0 Å². The molecule has 1 aromatic carbocycles. The van der Waals surface area contributed by atoms with Crippen molar-refractivity contribution < 1.29 is 14.3 Å². The summed E-state index contributed by atoms with van der Waals surface area (Å²) in [6.07, 6.45) is 6.63. The summed E-state index contributed by atoms with van der Waals surface area (Å²) in [7, 11) is 3.17. The van der Waals surface area contributed by atoms with Gasteiger partial charge in [-0.05, 0) is 24.8 Å². The SMILES string of the molecule is COC(=O)[C@H]1C=C2CCCC[C@@H]2[C@@]1(OC)c1ccccc1. The van der Waals surface area contributed by atoms with E-state index in [1.807, 2.05) is 18.2 Å². The zero-order valence-electron chi connectivity index (χ0n) is 12.7. The van der Waals surface area contributed by atoms with Gasteiger partial charge in [0.15, 0.2) is 0 Å². The third-order valence-electron chi connectivity index (χ3n) is 5.03. The summed E-state index contributed by atoms with van der Waals surface area (Å²) in [6.45, 7) is 0. The highest BCUT2D eigenvalue weighted by molar-refractivity contribution is 5.78. The van der Waals surface area contributed by atoms with Crippen LogP contribution in [0.4, 0.5) is 0 Å². The van der Waals surface area contributed by atoms with Crippen LogP contribution in [0.15, 0.2) is 42.0 Å². The van der Waals surface area contributed by atoms with Crippen molar-refractivity contribution in [2.45, 2.75) is 31.3 Å². The van der Waals surface area contributed by atoms with Crippen molar-refractivity contribution in [2.75, 3.05) is 14.2 Å². The highest BCUT2D eigenvalue weighted by atomic mass is 16.5. The molecule has 1 aromatic rings. The smallest absolute Gasteiger partial charge is 0.315 e. The molecule has 1 saturated carbocycles. The van der Waals surface area contributed by atoms with E-state index in [4.69, 9.17) is 9.47 Å². The van der Waals surface area contributed by atoms with Crippen LogP contribution in [-0.4, -0.2) is 20.2 Å². The number of carbonyl (C=O) groups is 1. The molecule has 0 unspecified atom stereocenters. The molecule has 0 aliphatic heterocycles. The van der Waals surface area contributed by atoms with Crippen molar-refractivity contribution in [1.82, 2.24) is 0 Å². The number of carbonyl (C=O) groups excluding carboxylic acids is 1. The van der Waals surface area contributed by atoms with Crippen LogP contribution in [0.1, 0.15) is 31.2 Å². The predicted octanol–water partition coefficient (Wildman–Crippen LogP) is 3.45. The molecule has 112 valence electrons. The van der Waals surface area contributed by atoms with Crippen LogP contribution in [0.25, 0.3) is 0 Å². The van der Waals surface area contributed by atoms with E-state index in [9.17, 15) is 4.79 Å². The zero-order chi connectivity index (χ0) is 14.9. The molecule has 1 fully saturated rings. The van der Waals surface area contributed by atoms with Gasteiger partial charge in [-0.15, -0.1) is 0 Å². The highest BCUT2D eigenvalue weighted by Gasteiger charge is 2.55. The molecule has 0 heterocycles. The Kier molecular flexibility index (Phi) is 3.85. The monoisotopic (exact) mass is 286 g/mol. The Labute approximate surface area is 125 Å². The molecule has 3 nitrogen and oxygen atoms in total. The van der Waals surface area contributed by atoms with Crippen molar-refractivity contribution in [3.63, 3.8) is 0 Å². The number of hydrogen-bond donors (Lipinski definition) is 0. The van der Waals surface area contributed by atoms with Gasteiger partial charge in [-0.3, -0.25) is 4.79 Å². The summed E-state index contributed by atoms with van der Waals surface area (Å²) in [5.41, 5.74) is 1.83. The fourth-order valence-corrected chi connectivity index (χ4v) is 4.12. The lowest BCUT2D eigenvalue weighted by Crippen LogP contribution is -2.44. The molecular formula is C18H22O3. The first-order valence-electron chi connectivity index (χ1n) is 7.63. The van der Waals surface area contributed by atoms with Crippen molar-refractivity contribution in [3.05, 3.63) is 47.5 Å². The first kappa shape index (κ1) is 14.3. The van der Waals surface area contributed by atoms with Crippen molar-refractivity contribution >= 4 is 5.97 Å². The summed E-state index contributed by atoms with van der Waals surface area (Å²) in [4.78, 5) is 12.4. The molecule has 0 amide bonds. The van der Waals surface area contributed by atoms with Gasteiger partial charge in [0.1, 0.15) is 11.5 Å². The van der Waals surface area contributed by atoms with E-state index >= 15 is 0 Å². The topological polar surface area (TPSA) is 35.5 Å². The molecule has 0 radical (unpaired) electrons. The van der Waals surface area contributed by atoms with E-state index < -0.39 is 5.60 Å². The molecule has 0 N–H and O–H groups in total. The molecule has 3 rings (SSSR count). The van der Waals surface area contributed by atoms with Gasteiger partial charge in [-0.1, -0.05) is 48.4 Å². The van der Waals surface area contributed by atoms with Crippen molar-refractivity contribution in [2.24, 2.45) is 11.8 Å². The second kappa shape index (κ2) is 5.64. The number of fused-ring (bicyclic) bond motifs is 1. The van der Waals surface area contributed by atoms with E-state index in [2.05, 4.69) is 18.2 Å². The highest BCUT2D eigenvalue weighted by Crippen LogP contribution is 2.54. The number of methoxy groups -OCH3 is 2. The first-order chi connectivity index (χ1) is 10.2. The minimum atomic E-state index is -0.607. The molecule has 3 atom stereocenters. The van der Waals surface area contributed by atoms with Crippen LogP contribution < -0.4 is 0 Å². The molecular weight excluding hydrogens is 264 g/mol. The average molecular weight is 286 g/mol. The first-order valence-corrected chi connectivity index (χ1v) is 7.63. The normalized spacial score (nSPS) is 31.4. The Hall–Kier alpha value is -1.61. The van der Waals surface area contributed by atoms with Gasteiger partial charge >= 0.3 is 5.97 Å². The Balaban J connectivity index is 2.12. The van der Waals surface area contributed by atoms with Crippen molar-refractivity contribution in [3.8, 4) is 0 Å². The maximum Gasteiger partial charge on any atom is 0.315 e. The fourth-order valence-electron chi connectivity index (χ4n) is 4.12. The van der Waals surface area contributed by atoms with Gasteiger partial charge in [0, 0.05) is 13.0 Å².